The van der Waals surface area contributed by atoms with Crippen LogP contribution in [-0.4, -0.2) is 18.0 Å². The van der Waals surface area contributed by atoms with Crippen LogP contribution in [0.1, 0.15) is 68.9 Å². The molecular formula is C46H45FIrN2SSi-2. The predicted molar refractivity (Wildman–Crippen MR) is 218 cm³/mol. The summed E-state index contributed by atoms with van der Waals surface area (Å²) in [6.07, 6.45) is 10.7. The predicted octanol–water partition coefficient (Wildman–Crippen LogP) is 13.0. The molecule has 0 N–H and O–H groups in total. The molecule has 8 rings (SSSR count). The minimum atomic E-state index is -1.34. The smallest absolute Gasteiger partial charge is 0.123 e. The molecule has 1 fully saturated rings. The van der Waals surface area contributed by atoms with Gasteiger partial charge in [0.1, 0.15) is 5.82 Å². The molecule has 0 bridgehead atoms. The summed E-state index contributed by atoms with van der Waals surface area (Å²) in [7, 11) is -1.34. The maximum absolute atomic E-state index is 13.3. The van der Waals surface area contributed by atoms with Crippen molar-refractivity contribution in [1.29, 1.82) is 0 Å². The summed E-state index contributed by atoms with van der Waals surface area (Å²) in [5.74, 6) is 0.984. The minimum Gasteiger partial charge on any atom is -0.305 e. The molecule has 7 aromatic rings. The molecule has 0 saturated heterocycles. The molecule has 0 spiro atoms. The number of aromatic nitrogens is 2. The Balaban J connectivity index is 0.000000200. The van der Waals surface area contributed by atoms with Crippen LogP contribution in [0.4, 0.5) is 4.39 Å². The van der Waals surface area contributed by atoms with Crippen LogP contribution < -0.4 is 5.19 Å². The monoisotopic (exact) mass is 897 g/mol. The van der Waals surface area contributed by atoms with Crippen LogP contribution in [0.25, 0.3) is 53.8 Å². The summed E-state index contributed by atoms with van der Waals surface area (Å²) in [5.41, 5.74) is 9.21. The molecular weight excluding hydrogens is 852 g/mol. The van der Waals surface area contributed by atoms with Gasteiger partial charge in [0.25, 0.3) is 0 Å². The topological polar surface area (TPSA) is 25.8 Å². The molecule has 1 radical (unpaired) electrons. The van der Waals surface area contributed by atoms with Crippen molar-refractivity contribution in [2.24, 2.45) is 0 Å². The molecule has 267 valence electrons. The van der Waals surface area contributed by atoms with E-state index < -0.39 is 8.07 Å². The van der Waals surface area contributed by atoms with E-state index in [0.717, 1.165) is 33.6 Å². The number of fused-ring (bicyclic) bond motifs is 3. The number of hydrogen-bond donors (Lipinski definition) is 0. The van der Waals surface area contributed by atoms with Crippen molar-refractivity contribution in [3.8, 4) is 33.6 Å². The van der Waals surface area contributed by atoms with E-state index >= 15 is 0 Å². The van der Waals surface area contributed by atoms with Crippen LogP contribution in [0, 0.1) is 17.9 Å². The third kappa shape index (κ3) is 8.37. The zero-order chi connectivity index (χ0) is 35.5. The number of rotatable bonds is 6. The largest absolute Gasteiger partial charge is 0.305 e. The molecule has 6 heteroatoms. The third-order valence-corrected chi connectivity index (χ3v) is 13.3. The van der Waals surface area contributed by atoms with E-state index in [1.54, 1.807) is 11.3 Å². The molecule has 3 aromatic heterocycles. The summed E-state index contributed by atoms with van der Waals surface area (Å²) in [6.45, 7) is 11.7. The number of pyridine rings is 2. The van der Waals surface area contributed by atoms with Crippen molar-refractivity contribution >= 4 is 44.8 Å². The van der Waals surface area contributed by atoms with Crippen molar-refractivity contribution in [2.75, 3.05) is 0 Å². The average Bonchev–Trinajstić information content (AvgIpc) is 3.54. The Morgan fingerprint density at radius 3 is 2.25 bits per heavy atom. The maximum atomic E-state index is 13.3. The molecule has 0 aliphatic heterocycles. The number of hydrogen-bond acceptors (Lipinski definition) is 3. The van der Waals surface area contributed by atoms with E-state index in [-0.39, 0.29) is 25.9 Å². The van der Waals surface area contributed by atoms with Gasteiger partial charge in [0.05, 0.1) is 8.07 Å². The van der Waals surface area contributed by atoms with Crippen LogP contribution in [0.5, 0.6) is 0 Å². The molecule has 0 amide bonds. The van der Waals surface area contributed by atoms with Gasteiger partial charge in [-0.15, -0.1) is 59.7 Å². The van der Waals surface area contributed by atoms with E-state index in [2.05, 4.69) is 105 Å². The first kappa shape index (κ1) is 37.9. The van der Waals surface area contributed by atoms with E-state index in [9.17, 15) is 4.39 Å². The van der Waals surface area contributed by atoms with Crippen LogP contribution in [-0.2, 0) is 20.1 Å². The summed E-state index contributed by atoms with van der Waals surface area (Å²) in [6, 6.07) is 38.9. The Hall–Kier alpha value is -3.80. The van der Waals surface area contributed by atoms with E-state index in [1.165, 1.54) is 80.7 Å². The minimum absolute atomic E-state index is 0. The molecule has 4 aromatic carbocycles. The Bertz CT molecular complexity index is 2270. The fourth-order valence-electron chi connectivity index (χ4n) is 7.30. The third-order valence-electron chi connectivity index (χ3n) is 10.1. The Morgan fingerprint density at radius 1 is 0.769 bits per heavy atom. The molecule has 3 heterocycles. The van der Waals surface area contributed by atoms with Crippen molar-refractivity contribution in [2.45, 2.75) is 77.4 Å². The van der Waals surface area contributed by atoms with E-state index in [1.807, 2.05) is 42.6 Å². The van der Waals surface area contributed by atoms with Crippen molar-refractivity contribution in [3.05, 3.63) is 139 Å². The standard InChI is InChI=1S/C29H23FNS.C17H22NSi.Ir/c30-23-12-9-20(10-13-23)21-11-14-24-25-7-4-8-26(29(25)32-28(24)18-21)27-17-22(15-16-31-27)19-5-2-1-3-6-19;1-13(2)15-11-16(14-9-7-6-8-10-14)18-12-17(15)19(3,4)5;/h4,7,9-19H,1-3,5-6H2;6-9,11-13H,1-5H3;/q2*-1;. The van der Waals surface area contributed by atoms with Crippen LogP contribution in [0.2, 0.25) is 19.6 Å². The normalized spacial score (nSPS) is 13.5. The van der Waals surface area contributed by atoms with Gasteiger partial charge in [-0.05, 0) is 86.7 Å². The fraction of sp³-hybridized carbons (Fsp3) is 0.261. The number of thiophene rings is 1. The first-order chi connectivity index (χ1) is 24.7. The molecule has 1 aliphatic carbocycles. The maximum Gasteiger partial charge on any atom is 0.123 e. The summed E-state index contributed by atoms with van der Waals surface area (Å²) in [5, 5.41) is 3.96. The van der Waals surface area contributed by atoms with Crippen molar-refractivity contribution in [1.82, 2.24) is 9.97 Å². The second-order valence-corrected chi connectivity index (χ2v) is 21.2. The number of nitrogens with zero attached hydrogens (tertiary/aromatic N) is 2. The molecule has 52 heavy (non-hydrogen) atoms. The van der Waals surface area contributed by atoms with Gasteiger partial charge in [-0.3, -0.25) is 0 Å². The van der Waals surface area contributed by atoms with Crippen molar-refractivity contribution < 1.29 is 24.5 Å². The molecule has 0 atom stereocenters. The van der Waals surface area contributed by atoms with Crippen LogP contribution in [0.15, 0.2) is 109 Å². The Morgan fingerprint density at radius 2 is 1.54 bits per heavy atom. The van der Waals surface area contributed by atoms with Crippen molar-refractivity contribution in [3.63, 3.8) is 0 Å². The second-order valence-electron chi connectivity index (χ2n) is 15.1. The van der Waals surface area contributed by atoms with Gasteiger partial charge in [0, 0.05) is 37.2 Å². The average molecular weight is 897 g/mol. The molecule has 0 unspecified atom stereocenters. The second kappa shape index (κ2) is 16.5. The van der Waals surface area contributed by atoms with Gasteiger partial charge in [0.2, 0.25) is 0 Å². The Labute approximate surface area is 327 Å². The van der Waals surface area contributed by atoms with Gasteiger partial charge in [0.15, 0.2) is 0 Å². The first-order valence-electron chi connectivity index (χ1n) is 18.2. The summed E-state index contributed by atoms with van der Waals surface area (Å²) >= 11 is 1.79. The zero-order valence-corrected chi connectivity index (χ0v) is 34.8. The van der Waals surface area contributed by atoms with Gasteiger partial charge in [-0.1, -0.05) is 106 Å². The number of benzene rings is 4. The molecule has 1 aliphatic rings. The number of halogens is 1. The van der Waals surface area contributed by atoms with Gasteiger partial charge < -0.3 is 9.97 Å². The van der Waals surface area contributed by atoms with E-state index in [4.69, 9.17) is 4.98 Å². The van der Waals surface area contributed by atoms with Gasteiger partial charge >= 0.3 is 0 Å². The Kier molecular flexibility index (Phi) is 12.0. The summed E-state index contributed by atoms with van der Waals surface area (Å²) in [4.78, 5) is 9.40. The summed E-state index contributed by atoms with van der Waals surface area (Å²) < 4.78 is 15.8. The quantitative estimate of drug-likeness (QED) is 0.123. The fourth-order valence-corrected chi connectivity index (χ4v) is 10.2. The van der Waals surface area contributed by atoms with Gasteiger partial charge in [-0.25, -0.2) is 4.39 Å². The van der Waals surface area contributed by atoms with Gasteiger partial charge in [-0.2, -0.15) is 11.3 Å². The SMILES string of the molecule is CC(C)c1cc(-c2[c-]cccc2)ncc1[Si](C)(C)C.Fc1ccc(-c2ccc3c(c2)sc2c(-c4cc(C5CCCCC5)ccn4)[c-]ccc23)cc1.[Ir]. The van der Waals surface area contributed by atoms with Crippen LogP contribution >= 0.6 is 11.3 Å². The molecule has 1 saturated carbocycles. The first-order valence-corrected chi connectivity index (χ1v) is 22.5. The van der Waals surface area contributed by atoms with E-state index in [0.29, 0.717) is 11.8 Å². The molecule has 2 nitrogen and oxygen atoms in total. The van der Waals surface area contributed by atoms with Crippen LogP contribution in [0.3, 0.4) is 0 Å². The zero-order valence-electron chi connectivity index (χ0n) is 30.6.